The zero-order chi connectivity index (χ0) is 19.4. The van der Waals surface area contributed by atoms with Gasteiger partial charge in [0.1, 0.15) is 5.01 Å². The lowest BCUT2D eigenvalue weighted by Crippen LogP contribution is -2.29. The van der Waals surface area contributed by atoms with E-state index in [2.05, 4.69) is 21.8 Å². The van der Waals surface area contributed by atoms with Crippen molar-refractivity contribution in [3.8, 4) is 11.5 Å². The van der Waals surface area contributed by atoms with Crippen molar-refractivity contribution in [2.24, 2.45) is 4.99 Å². The van der Waals surface area contributed by atoms with Crippen molar-refractivity contribution in [1.29, 1.82) is 0 Å². The van der Waals surface area contributed by atoms with Gasteiger partial charge < -0.3 is 9.84 Å². The number of amides is 1. The molecule has 1 fully saturated rings. The van der Waals surface area contributed by atoms with Gasteiger partial charge in [-0.1, -0.05) is 23.5 Å². The molecular weight excluding hydrogens is 384 g/mol. The summed E-state index contributed by atoms with van der Waals surface area (Å²) in [5, 5.41) is 19.6. The SMILES string of the molecule is C=CCN1C(=O)/C(=C\c2ccc(O)c(OCC)c2)SC1=Nc1nnc(C)s1. The molecule has 1 saturated heterocycles. The molecule has 1 aliphatic heterocycles. The van der Waals surface area contributed by atoms with Crippen LogP contribution in [0.2, 0.25) is 0 Å². The van der Waals surface area contributed by atoms with Gasteiger partial charge in [-0.25, -0.2) is 0 Å². The van der Waals surface area contributed by atoms with E-state index in [1.54, 1.807) is 35.3 Å². The summed E-state index contributed by atoms with van der Waals surface area (Å²) in [5.41, 5.74) is 0.749. The molecule has 3 rings (SSSR count). The topological polar surface area (TPSA) is 87.9 Å². The monoisotopic (exact) mass is 402 g/mol. The van der Waals surface area contributed by atoms with Crippen LogP contribution in [0.3, 0.4) is 0 Å². The van der Waals surface area contributed by atoms with Gasteiger partial charge in [0, 0.05) is 6.54 Å². The fraction of sp³-hybridized carbons (Fsp3) is 0.222. The van der Waals surface area contributed by atoms with Crippen molar-refractivity contribution in [3.63, 3.8) is 0 Å². The van der Waals surface area contributed by atoms with Gasteiger partial charge in [0.2, 0.25) is 5.13 Å². The van der Waals surface area contributed by atoms with E-state index >= 15 is 0 Å². The quantitative estimate of drug-likeness (QED) is 0.585. The highest BCUT2D eigenvalue weighted by molar-refractivity contribution is 8.18. The zero-order valence-corrected chi connectivity index (χ0v) is 16.5. The minimum Gasteiger partial charge on any atom is -0.504 e. The molecule has 27 heavy (non-hydrogen) atoms. The molecule has 140 valence electrons. The summed E-state index contributed by atoms with van der Waals surface area (Å²) in [6, 6.07) is 4.96. The number of phenols is 1. The number of carbonyl (C=O) groups is 1. The number of nitrogens with zero attached hydrogens (tertiary/aromatic N) is 4. The predicted octanol–water partition coefficient (Wildman–Crippen LogP) is 3.74. The van der Waals surface area contributed by atoms with Crippen molar-refractivity contribution < 1.29 is 14.6 Å². The Bertz CT molecular complexity index is 936. The predicted molar refractivity (Wildman–Crippen MR) is 108 cm³/mol. The van der Waals surface area contributed by atoms with E-state index in [-0.39, 0.29) is 11.7 Å². The molecule has 1 aromatic carbocycles. The number of aryl methyl sites for hydroxylation is 1. The van der Waals surface area contributed by atoms with Crippen molar-refractivity contribution in [2.45, 2.75) is 13.8 Å². The van der Waals surface area contributed by atoms with E-state index in [9.17, 15) is 9.90 Å². The molecule has 1 N–H and O–H groups in total. The summed E-state index contributed by atoms with van der Waals surface area (Å²) in [6.45, 7) is 8.18. The Morgan fingerprint density at radius 2 is 2.22 bits per heavy atom. The van der Waals surface area contributed by atoms with Crippen LogP contribution in [0.25, 0.3) is 6.08 Å². The van der Waals surface area contributed by atoms with Gasteiger partial charge in [-0.2, -0.15) is 4.99 Å². The van der Waals surface area contributed by atoms with Crippen molar-refractivity contribution in [2.75, 3.05) is 13.2 Å². The lowest BCUT2D eigenvalue weighted by atomic mass is 10.2. The Morgan fingerprint density at radius 1 is 1.41 bits per heavy atom. The number of aromatic nitrogens is 2. The number of amidine groups is 1. The normalized spacial score (nSPS) is 17.1. The highest BCUT2D eigenvalue weighted by Gasteiger charge is 2.33. The number of hydrogen-bond acceptors (Lipinski definition) is 8. The fourth-order valence-electron chi connectivity index (χ4n) is 2.34. The Kier molecular flexibility index (Phi) is 5.92. The van der Waals surface area contributed by atoms with E-state index in [1.807, 2.05) is 13.8 Å². The van der Waals surface area contributed by atoms with Crippen molar-refractivity contribution in [1.82, 2.24) is 15.1 Å². The fourth-order valence-corrected chi connectivity index (χ4v) is 3.94. The highest BCUT2D eigenvalue weighted by atomic mass is 32.2. The zero-order valence-electron chi connectivity index (χ0n) is 14.9. The van der Waals surface area contributed by atoms with Crippen LogP contribution >= 0.6 is 23.1 Å². The molecule has 0 unspecified atom stereocenters. The Balaban J connectivity index is 1.93. The van der Waals surface area contributed by atoms with Gasteiger partial charge in [0.05, 0.1) is 11.5 Å². The van der Waals surface area contributed by atoms with E-state index in [1.165, 1.54) is 23.1 Å². The van der Waals surface area contributed by atoms with Gasteiger partial charge >= 0.3 is 0 Å². The van der Waals surface area contributed by atoms with Gasteiger partial charge in [-0.3, -0.25) is 9.69 Å². The standard InChI is InChI=1S/C18H18N4O3S2/c1-4-8-22-16(24)15(27-18(22)19-17-21-20-11(3)26-17)10-12-6-7-13(23)14(9-12)25-5-2/h4,6-7,9-10,23H,1,5,8H2,2-3H3/b15-10+,19-18?. The van der Waals surface area contributed by atoms with E-state index in [4.69, 9.17) is 4.74 Å². The average molecular weight is 403 g/mol. The molecule has 0 atom stereocenters. The van der Waals surface area contributed by atoms with Crippen LogP contribution in [-0.4, -0.2) is 44.4 Å². The first-order chi connectivity index (χ1) is 13.0. The summed E-state index contributed by atoms with van der Waals surface area (Å²) >= 11 is 2.62. The minimum atomic E-state index is -0.161. The molecule has 2 heterocycles. The van der Waals surface area contributed by atoms with Gasteiger partial charge in [0.25, 0.3) is 5.91 Å². The van der Waals surface area contributed by atoms with Crippen molar-refractivity contribution in [3.05, 3.63) is 46.3 Å². The first-order valence-electron chi connectivity index (χ1n) is 8.18. The first-order valence-corrected chi connectivity index (χ1v) is 9.82. The third-order valence-corrected chi connectivity index (χ3v) is 5.23. The maximum atomic E-state index is 12.8. The number of thioether (sulfide) groups is 1. The summed E-state index contributed by atoms with van der Waals surface area (Å²) in [7, 11) is 0. The number of benzene rings is 1. The summed E-state index contributed by atoms with van der Waals surface area (Å²) in [6.07, 6.45) is 3.40. The smallest absolute Gasteiger partial charge is 0.267 e. The molecule has 2 aromatic rings. The van der Waals surface area contributed by atoms with Crippen LogP contribution in [-0.2, 0) is 4.79 Å². The largest absolute Gasteiger partial charge is 0.504 e. The number of carbonyl (C=O) groups excluding carboxylic acids is 1. The number of ether oxygens (including phenoxy) is 1. The molecule has 0 saturated carbocycles. The highest BCUT2D eigenvalue weighted by Crippen LogP contribution is 2.36. The van der Waals surface area contributed by atoms with Gasteiger partial charge in [-0.05, 0) is 49.4 Å². The number of rotatable bonds is 6. The number of aromatic hydroxyl groups is 1. The average Bonchev–Trinajstić information content (AvgIpc) is 3.17. The molecular formula is C18H18N4O3S2. The molecule has 1 amide bonds. The van der Waals surface area contributed by atoms with E-state index in [0.29, 0.717) is 34.1 Å². The van der Waals surface area contributed by atoms with Gasteiger partial charge in [0.15, 0.2) is 16.7 Å². The summed E-state index contributed by atoms with van der Waals surface area (Å²) < 4.78 is 5.40. The van der Waals surface area contributed by atoms with Crippen LogP contribution in [0.15, 0.2) is 40.8 Å². The Hall–Kier alpha value is -2.65. The third-order valence-electron chi connectivity index (χ3n) is 3.49. The molecule has 1 aromatic heterocycles. The third kappa shape index (κ3) is 4.37. The molecule has 0 spiro atoms. The maximum absolute atomic E-state index is 12.8. The second-order valence-corrected chi connectivity index (χ2v) is 7.64. The Labute approximate surface area is 165 Å². The molecule has 0 radical (unpaired) electrons. The lowest BCUT2D eigenvalue weighted by molar-refractivity contribution is -0.121. The van der Waals surface area contributed by atoms with Crippen LogP contribution < -0.4 is 4.74 Å². The second-order valence-electron chi connectivity index (χ2n) is 5.47. The van der Waals surface area contributed by atoms with Crippen molar-refractivity contribution >= 4 is 45.4 Å². The lowest BCUT2D eigenvalue weighted by Gasteiger charge is -2.11. The molecule has 0 bridgehead atoms. The molecule has 7 nitrogen and oxygen atoms in total. The van der Waals surface area contributed by atoms with E-state index < -0.39 is 0 Å². The molecule has 9 heteroatoms. The van der Waals surface area contributed by atoms with Crippen LogP contribution in [0.1, 0.15) is 17.5 Å². The summed E-state index contributed by atoms with van der Waals surface area (Å²) in [4.78, 5) is 19.3. The second kappa shape index (κ2) is 8.36. The Morgan fingerprint density at radius 3 is 2.89 bits per heavy atom. The van der Waals surface area contributed by atoms with Gasteiger partial charge in [-0.15, -0.1) is 16.8 Å². The van der Waals surface area contributed by atoms with E-state index in [0.717, 1.165) is 10.6 Å². The molecule has 1 aliphatic rings. The number of aliphatic imine (C=N–C) groups is 1. The van der Waals surface area contributed by atoms with Crippen LogP contribution in [0.5, 0.6) is 11.5 Å². The maximum Gasteiger partial charge on any atom is 0.267 e. The minimum absolute atomic E-state index is 0.0616. The number of hydrogen-bond donors (Lipinski definition) is 1. The summed E-state index contributed by atoms with van der Waals surface area (Å²) in [5.74, 6) is 0.279. The van der Waals surface area contributed by atoms with Crippen LogP contribution in [0.4, 0.5) is 5.13 Å². The number of phenolic OH excluding ortho intramolecular Hbond substituents is 1. The van der Waals surface area contributed by atoms with Crippen LogP contribution in [0, 0.1) is 6.92 Å². The first kappa shape index (κ1) is 19.1. The molecule has 0 aliphatic carbocycles.